The lowest BCUT2D eigenvalue weighted by Gasteiger charge is -2.30. The Morgan fingerprint density at radius 2 is 1.88 bits per heavy atom. The Morgan fingerprint density at radius 1 is 1.23 bits per heavy atom. The maximum absolute atomic E-state index is 12.6. The van der Waals surface area contributed by atoms with Gasteiger partial charge in [-0.15, -0.1) is 0 Å². The number of nitrogens with one attached hydrogen (secondary N) is 1. The summed E-state index contributed by atoms with van der Waals surface area (Å²) in [6.45, 7) is 10.6. The molecule has 0 fully saturated rings. The predicted octanol–water partition coefficient (Wildman–Crippen LogP) is 2.78. The lowest BCUT2D eigenvalue weighted by atomic mass is 10.1. The van der Waals surface area contributed by atoms with Gasteiger partial charge in [-0.1, -0.05) is 13.0 Å². The monoisotopic (exact) mass is 384 g/mol. The van der Waals surface area contributed by atoms with Crippen molar-refractivity contribution >= 4 is 21.6 Å². The highest BCUT2D eigenvalue weighted by Gasteiger charge is 2.31. The third kappa shape index (κ3) is 6.61. The topological polar surface area (TPSA) is 75.7 Å². The average molecular weight is 385 g/mol. The molecular weight excluding hydrogens is 352 g/mol. The van der Waals surface area contributed by atoms with Gasteiger partial charge in [0.25, 0.3) is 0 Å². The molecule has 0 aliphatic carbocycles. The fourth-order valence-corrected chi connectivity index (χ4v) is 3.85. The molecule has 1 atom stereocenters. The Bertz CT molecular complexity index is 701. The highest BCUT2D eigenvalue weighted by atomic mass is 32.2. The first-order valence-electron chi connectivity index (χ1n) is 9.03. The minimum Gasteiger partial charge on any atom is -0.379 e. The Morgan fingerprint density at radius 3 is 2.38 bits per heavy atom. The van der Waals surface area contributed by atoms with Crippen LogP contribution in [-0.4, -0.2) is 45.9 Å². The molecule has 0 heterocycles. The normalized spacial score (nSPS) is 12.9. The van der Waals surface area contributed by atoms with Crippen LogP contribution >= 0.6 is 0 Å². The molecule has 0 aliphatic rings. The van der Waals surface area contributed by atoms with Crippen molar-refractivity contribution in [2.24, 2.45) is 0 Å². The van der Waals surface area contributed by atoms with Crippen LogP contribution in [0, 0.1) is 13.8 Å². The van der Waals surface area contributed by atoms with Gasteiger partial charge >= 0.3 is 0 Å². The van der Waals surface area contributed by atoms with Gasteiger partial charge in [0.2, 0.25) is 15.9 Å². The van der Waals surface area contributed by atoms with E-state index in [-0.39, 0.29) is 12.0 Å². The van der Waals surface area contributed by atoms with Gasteiger partial charge in [0.1, 0.15) is 6.04 Å². The SMILES string of the molecule is CCC(C(=O)NCCCOC(C)C)N(c1ccc(C)c(C)c1)S(C)(=O)=O. The second kappa shape index (κ2) is 9.92. The van der Waals surface area contributed by atoms with Gasteiger partial charge in [0, 0.05) is 13.2 Å². The van der Waals surface area contributed by atoms with E-state index >= 15 is 0 Å². The molecule has 148 valence electrons. The number of benzene rings is 1. The van der Waals surface area contributed by atoms with E-state index in [0.29, 0.717) is 31.7 Å². The molecule has 0 bridgehead atoms. The standard InChI is InChI=1S/C19H32N2O4S/c1-7-18(19(22)20-11-8-12-25-14(2)3)21(26(6,23)24)17-10-9-15(4)16(5)13-17/h9-10,13-14,18H,7-8,11-12H2,1-6H3,(H,20,22). The van der Waals surface area contributed by atoms with E-state index in [2.05, 4.69) is 5.32 Å². The van der Waals surface area contributed by atoms with Gasteiger partial charge in [-0.05, 0) is 63.8 Å². The van der Waals surface area contributed by atoms with Crippen LogP contribution in [-0.2, 0) is 19.6 Å². The zero-order valence-electron chi connectivity index (χ0n) is 16.7. The predicted molar refractivity (Wildman–Crippen MR) is 106 cm³/mol. The quantitative estimate of drug-likeness (QED) is 0.630. The molecule has 1 unspecified atom stereocenters. The number of amides is 1. The lowest BCUT2D eigenvalue weighted by Crippen LogP contribution is -2.49. The van der Waals surface area contributed by atoms with Crippen molar-refractivity contribution in [3.63, 3.8) is 0 Å². The van der Waals surface area contributed by atoms with E-state index in [4.69, 9.17) is 4.74 Å². The van der Waals surface area contributed by atoms with Gasteiger partial charge < -0.3 is 10.1 Å². The van der Waals surface area contributed by atoms with Crippen molar-refractivity contribution in [1.29, 1.82) is 0 Å². The number of rotatable bonds is 10. The molecule has 1 N–H and O–H groups in total. The lowest BCUT2D eigenvalue weighted by molar-refractivity contribution is -0.122. The van der Waals surface area contributed by atoms with E-state index in [1.54, 1.807) is 6.07 Å². The van der Waals surface area contributed by atoms with Crippen LogP contribution < -0.4 is 9.62 Å². The number of anilines is 1. The molecule has 0 saturated heterocycles. The number of carbonyl (C=O) groups excluding carboxylic acids is 1. The number of hydrogen-bond donors (Lipinski definition) is 1. The summed E-state index contributed by atoms with van der Waals surface area (Å²) in [6, 6.07) is 4.65. The Balaban J connectivity index is 2.93. The minimum absolute atomic E-state index is 0.152. The van der Waals surface area contributed by atoms with Crippen molar-refractivity contribution in [2.45, 2.75) is 59.6 Å². The summed E-state index contributed by atoms with van der Waals surface area (Å²) < 4.78 is 31.5. The molecule has 1 amide bonds. The molecule has 6 nitrogen and oxygen atoms in total. The fourth-order valence-electron chi connectivity index (χ4n) is 2.64. The Kier molecular flexibility index (Phi) is 8.56. The van der Waals surface area contributed by atoms with E-state index in [0.717, 1.165) is 17.4 Å². The highest BCUT2D eigenvalue weighted by Crippen LogP contribution is 2.25. The van der Waals surface area contributed by atoms with Crippen LogP contribution in [0.2, 0.25) is 0 Å². The smallest absolute Gasteiger partial charge is 0.243 e. The van der Waals surface area contributed by atoms with Crippen molar-refractivity contribution in [3.8, 4) is 0 Å². The summed E-state index contributed by atoms with van der Waals surface area (Å²) in [5, 5.41) is 2.83. The van der Waals surface area contributed by atoms with E-state index in [9.17, 15) is 13.2 Å². The Labute approximate surface area is 158 Å². The summed E-state index contributed by atoms with van der Waals surface area (Å²) in [4.78, 5) is 12.6. The van der Waals surface area contributed by atoms with Crippen LogP contribution in [0.3, 0.4) is 0 Å². The summed E-state index contributed by atoms with van der Waals surface area (Å²) in [5.41, 5.74) is 2.57. The first-order valence-corrected chi connectivity index (χ1v) is 10.9. The van der Waals surface area contributed by atoms with Gasteiger partial charge in [0.15, 0.2) is 0 Å². The zero-order chi connectivity index (χ0) is 19.9. The van der Waals surface area contributed by atoms with Crippen molar-refractivity contribution in [3.05, 3.63) is 29.3 Å². The Hall–Kier alpha value is -1.60. The summed E-state index contributed by atoms with van der Waals surface area (Å²) in [7, 11) is -3.60. The second-order valence-corrected chi connectivity index (χ2v) is 8.67. The molecule has 0 spiro atoms. The molecule has 0 saturated carbocycles. The third-order valence-electron chi connectivity index (χ3n) is 4.15. The number of nitrogens with zero attached hydrogens (tertiary/aromatic N) is 1. The average Bonchev–Trinajstić information content (AvgIpc) is 2.53. The maximum Gasteiger partial charge on any atom is 0.243 e. The van der Waals surface area contributed by atoms with Crippen LogP contribution in [0.25, 0.3) is 0 Å². The third-order valence-corrected chi connectivity index (χ3v) is 5.33. The van der Waals surface area contributed by atoms with E-state index in [1.807, 2.05) is 46.8 Å². The first kappa shape index (κ1) is 22.4. The summed E-state index contributed by atoms with van der Waals surface area (Å²) in [5.74, 6) is -0.291. The van der Waals surface area contributed by atoms with E-state index in [1.165, 1.54) is 4.31 Å². The fraction of sp³-hybridized carbons (Fsp3) is 0.632. The van der Waals surface area contributed by atoms with Crippen molar-refractivity contribution < 1.29 is 17.9 Å². The largest absolute Gasteiger partial charge is 0.379 e. The van der Waals surface area contributed by atoms with Crippen LogP contribution in [0.4, 0.5) is 5.69 Å². The van der Waals surface area contributed by atoms with Gasteiger partial charge in [-0.3, -0.25) is 9.10 Å². The van der Waals surface area contributed by atoms with Crippen molar-refractivity contribution in [2.75, 3.05) is 23.7 Å². The molecule has 1 rings (SSSR count). The molecule has 26 heavy (non-hydrogen) atoms. The van der Waals surface area contributed by atoms with Crippen LogP contribution in [0.1, 0.15) is 44.7 Å². The van der Waals surface area contributed by atoms with Gasteiger partial charge in [-0.25, -0.2) is 8.42 Å². The molecular formula is C19H32N2O4S. The second-order valence-electron chi connectivity index (χ2n) is 6.82. The number of aryl methyl sites for hydroxylation is 2. The minimum atomic E-state index is -3.60. The van der Waals surface area contributed by atoms with Crippen LogP contribution in [0.5, 0.6) is 0 Å². The molecule has 0 aliphatic heterocycles. The molecule has 7 heteroatoms. The first-order chi connectivity index (χ1) is 12.1. The van der Waals surface area contributed by atoms with Crippen molar-refractivity contribution in [1.82, 2.24) is 5.32 Å². The number of sulfonamides is 1. The molecule has 0 radical (unpaired) electrons. The number of carbonyl (C=O) groups is 1. The molecule has 1 aromatic carbocycles. The maximum atomic E-state index is 12.6. The zero-order valence-corrected chi connectivity index (χ0v) is 17.5. The van der Waals surface area contributed by atoms with Gasteiger partial charge in [0.05, 0.1) is 18.0 Å². The van der Waals surface area contributed by atoms with Crippen LogP contribution in [0.15, 0.2) is 18.2 Å². The highest BCUT2D eigenvalue weighted by molar-refractivity contribution is 7.92. The molecule has 1 aromatic rings. The molecule has 0 aromatic heterocycles. The summed E-state index contributed by atoms with van der Waals surface area (Å²) in [6.07, 6.45) is 2.35. The van der Waals surface area contributed by atoms with E-state index < -0.39 is 16.1 Å². The van der Waals surface area contributed by atoms with Gasteiger partial charge in [-0.2, -0.15) is 0 Å². The number of ether oxygens (including phenoxy) is 1. The number of hydrogen-bond acceptors (Lipinski definition) is 4. The summed E-state index contributed by atoms with van der Waals surface area (Å²) >= 11 is 0.